The molecule has 0 aliphatic heterocycles. The summed E-state index contributed by atoms with van der Waals surface area (Å²) in [6.07, 6.45) is 2.69. The van der Waals surface area contributed by atoms with Gasteiger partial charge in [-0.1, -0.05) is 6.92 Å². The predicted octanol–water partition coefficient (Wildman–Crippen LogP) is 1.53. The SMILES string of the molecule is CCC(C(=O)O)N(C)C(C)CSC. The van der Waals surface area contributed by atoms with E-state index in [2.05, 4.69) is 6.92 Å². The quantitative estimate of drug-likeness (QED) is 0.714. The van der Waals surface area contributed by atoms with Gasteiger partial charge in [0.15, 0.2) is 0 Å². The maximum absolute atomic E-state index is 10.8. The average molecular weight is 205 g/mol. The molecule has 0 aromatic carbocycles. The molecule has 0 rings (SSSR count). The number of carboxylic acids is 1. The zero-order chi connectivity index (χ0) is 10.4. The molecule has 0 saturated carbocycles. The summed E-state index contributed by atoms with van der Waals surface area (Å²) >= 11 is 1.74. The van der Waals surface area contributed by atoms with Gasteiger partial charge in [-0.25, -0.2) is 0 Å². The molecule has 78 valence electrons. The number of thioether (sulfide) groups is 1. The smallest absolute Gasteiger partial charge is 0.320 e. The molecule has 0 amide bonds. The van der Waals surface area contributed by atoms with Crippen molar-refractivity contribution in [2.75, 3.05) is 19.1 Å². The minimum Gasteiger partial charge on any atom is -0.480 e. The van der Waals surface area contributed by atoms with Crippen molar-refractivity contribution in [3.8, 4) is 0 Å². The lowest BCUT2D eigenvalue weighted by atomic mass is 10.1. The van der Waals surface area contributed by atoms with Gasteiger partial charge < -0.3 is 5.11 Å². The van der Waals surface area contributed by atoms with Crippen molar-refractivity contribution in [1.29, 1.82) is 0 Å². The van der Waals surface area contributed by atoms with Gasteiger partial charge in [0.25, 0.3) is 0 Å². The van der Waals surface area contributed by atoms with Crippen molar-refractivity contribution in [1.82, 2.24) is 4.90 Å². The Kier molecular flexibility index (Phi) is 6.16. The minimum absolute atomic E-state index is 0.316. The van der Waals surface area contributed by atoms with E-state index in [1.165, 1.54) is 0 Å². The largest absolute Gasteiger partial charge is 0.480 e. The Morgan fingerprint density at radius 1 is 1.62 bits per heavy atom. The zero-order valence-corrected chi connectivity index (χ0v) is 9.60. The van der Waals surface area contributed by atoms with Crippen LogP contribution in [-0.2, 0) is 4.79 Å². The summed E-state index contributed by atoms with van der Waals surface area (Å²) in [5.41, 5.74) is 0. The third-order valence-electron chi connectivity index (χ3n) is 2.27. The predicted molar refractivity (Wildman–Crippen MR) is 57.3 cm³/mol. The van der Waals surface area contributed by atoms with Gasteiger partial charge in [-0.3, -0.25) is 9.69 Å². The van der Waals surface area contributed by atoms with Crippen molar-refractivity contribution >= 4 is 17.7 Å². The van der Waals surface area contributed by atoms with Crippen LogP contribution in [0, 0.1) is 0 Å². The molecule has 0 aliphatic rings. The lowest BCUT2D eigenvalue weighted by Gasteiger charge is -2.29. The number of aliphatic carboxylic acids is 1. The Bertz CT molecular complexity index is 164. The summed E-state index contributed by atoms with van der Waals surface area (Å²) in [6.45, 7) is 3.96. The molecule has 0 fully saturated rings. The van der Waals surface area contributed by atoms with Gasteiger partial charge in [-0.15, -0.1) is 0 Å². The molecule has 2 atom stereocenters. The van der Waals surface area contributed by atoms with E-state index >= 15 is 0 Å². The van der Waals surface area contributed by atoms with E-state index in [9.17, 15) is 4.79 Å². The third kappa shape index (κ3) is 4.00. The molecule has 0 aliphatic carbocycles. The van der Waals surface area contributed by atoms with E-state index in [-0.39, 0.29) is 6.04 Å². The second-order valence-corrected chi connectivity index (χ2v) is 4.14. The maximum Gasteiger partial charge on any atom is 0.320 e. The van der Waals surface area contributed by atoms with Crippen molar-refractivity contribution in [3.63, 3.8) is 0 Å². The van der Waals surface area contributed by atoms with Crippen molar-refractivity contribution in [2.45, 2.75) is 32.4 Å². The van der Waals surface area contributed by atoms with Crippen LogP contribution in [0.1, 0.15) is 20.3 Å². The first-order valence-electron chi connectivity index (χ1n) is 4.48. The van der Waals surface area contributed by atoms with Gasteiger partial charge in [0.1, 0.15) is 6.04 Å². The number of hydrogen-bond donors (Lipinski definition) is 1. The fourth-order valence-corrected chi connectivity index (χ4v) is 2.02. The first kappa shape index (κ1) is 12.8. The van der Waals surface area contributed by atoms with Gasteiger partial charge >= 0.3 is 5.97 Å². The van der Waals surface area contributed by atoms with Gasteiger partial charge in [0.05, 0.1) is 0 Å². The second kappa shape index (κ2) is 6.27. The molecule has 0 spiro atoms. The standard InChI is InChI=1S/C9H19NO2S/c1-5-8(9(11)12)10(3)7(2)6-13-4/h7-8H,5-6H2,1-4H3,(H,11,12). The van der Waals surface area contributed by atoms with E-state index in [0.717, 1.165) is 5.75 Å². The Hall–Kier alpha value is -0.220. The summed E-state index contributed by atoms with van der Waals surface area (Å²) in [5, 5.41) is 8.91. The highest BCUT2D eigenvalue weighted by Gasteiger charge is 2.23. The normalized spacial score (nSPS) is 15.8. The summed E-state index contributed by atoms with van der Waals surface area (Å²) in [6, 6.07) is -0.0294. The molecule has 0 aromatic heterocycles. The van der Waals surface area contributed by atoms with Gasteiger partial charge in [-0.2, -0.15) is 11.8 Å². The molecule has 4 heteroatoms. The highest BCUT2D eigenvalue weighted by atomic mass is 32.2. The van der Waals surface area contributed by atoms with E-state index in [1.807, 2.05) is 25.1 Å². The molecule has 1 N–H and O–H groups in total. The summed E-state index contributed by atoms with van der Waals surface area (Å²) in [5.74, 6) is 0.248. The van der Waals surface area contributed by atoms with Gasteiger partial charge in [-0.05, 0) is 26.6 Å². The Morgan fingerprint density at radius 3 is 2.46 bits per heavy atom. The van der Waals surface area contributed by atoms with Crippen LogP contribution in [-0.4, -0.2) is 47.1 Å². The Labute approximate surface area is 84.5 Å². The Balaban J connectivity index is 4.18. The average Bonchev–Trinajstić information content (AvgIpc) is 2.05. The summed E-state index contributed by atoms with van der Waals surface area (Å²) in [7, 11) is 1.88. The van der Waals surface area contributed by atoms with Gasteiger partial charge in [0, 0.05) is 11.8 Å². The molecular weight excluding hydrogens is 186 g/mol. The van der Waals surface area contributed by atoms with Crippen molar-refractivity contribution in [3.05, 3.63) is 0 Å². The van der Waals surface area contributed by atoms with Crippen LogP contribution >= 0.6 is 11.8 Å². The zero-order valence-electron chi connectivity index (χ0n) is 8.78. The molecule has 0 saturated heterocycles. The van der Waals surface area contributed by atoms with Crippen LogP contribution < -0.4 is 0 Å². The van der Waals surface area contributed by atoms with E-state index in [4.69, 9.17) is 5.11 Å². The molecule has 0 bridgehead atoms. The van der Waals surface area contributed by atoms with Crippen LogP contribution in [0.4, 0.5) is 0 Å². The topological polar surface area (TPSA) is 40.5 Å². The number of carboxylic acid groups (broad SMARTS) is 1. The lowest BCUT2D eigenvalue weighted by molar-refractivity contribution is -0.143. The number of hydrogen-bond acceptors (Lipinski definition) is 3. The summed E-state index contributed by atoms with van der Waals surface area (Å²) in [4.78, 5) is 12.8. The fourth-order valence-electron chi connectivity index (χ4n) is 1.30. The molecule has 0 aromatic rings. The monoisotopic (exact) mass is 205 g/mol. The first-order chi connectivity index (χ1) is 6.04. The number of nitrogens with zero attached hydrogens (tertiary/aromatic N) is 1. The van der Waals surface area contributed by atoms with Crippen LogP contribution in [0.15, 0.2) is 0 Å². The van der Waals surface area contributed by atoms with Crippen LogP contribution in [0.5, 0.6) is 0 Å². The van der Waals surface area contributed by atoms with Crippen LogP contribution in [0.25, 0.3) is 0 Å². The van der Waals surface area contributed by atoms with E-state index in [0.29, 0.717) is 12.5 Å². The van der Waals surface area contributed by atoms with E-state index in [1.54, 1.807) is 11.8 Å². The van der Waals surface area contributed by atoms with Crippen molar-refractivity contribution in [2.24, 2.45) is 0 Å². The molecule has 2 unspecified atom stereocenters. The fraction of sp³-hybridized carbons (Fsp3) is 0.889. The third-order valence-corrected chi connectivity index (χ3v) is 3.08. The highest BCUT2D eigenvalue weighted by Crippen LogP contribution is 2.10. The molecule has 3 nitrogen and oxygen atoms in total. The molecule has 0 radical (unpaired) electrons. The number of rotatable bonds is 6. The highest BCUT2D eigenvalue weighted by molar-refractivity contribution is 7.98. The minimum atomic E-state index is -0.724. The van der Waals surface area contributed by atoms with Crippen LogP contribution in [0.2, 0.25) is 0 Å². The molecular formula is C9H19NO2S. The lowest BCUT2D eigenvalue weighted by Crippen LogP contribution is -2.44. The Morgan fingerprint density at radius 2 is 2.15 bits per heavy atom. The second-order valence-electron chi connectivity index (χ2n) is 3.23. The molecule has 13 heavy (non-hydrogen) atoms. The number of likely N-dealkylation sites (N-methyl/N-ethyl adjacent to an activating group) is 1. The van der Waals surface area contributed by atoms with Crippen LogP contribution in [0.3, 0.4) is 0 Å². The number of carbonyl (C=O) groups is 1. The molecule has 0 heterocycles. The maximum atomic E-state index is 10.8. The summed E-state index contributed by atoms with van der Waals surface area (Å²) < 4.78 is 0. The van der Waals surface area contributed by atoms with Gasteiger partial charge in [0.2, 0.25) is 0 Å². The van der Waals surface area contributed by atoms with E-state index < -0.39 is 5.97 Å². The first-order valence-corrected chi connectivity index (χ1v) is 5.87. The van der Waals surface area contributed by atoms with Crippen molar-refractivity contribution < 1.29 is 9.90 Å².